The Balaban J connectivity index is 2.18. The molecule has 1 heterocycles. The van der Waals surface area contributed by atoms with E-state index in [9.17, 15) is 4.79 Å². The van der Waals surface area contributed by atoms with E-state index in [0.717, 1.165) is 4.47 Å². The Morgan fingerprint density at radius 3 is 3.00 bits per heavy atom. The molecular formula is C12H14BrNO2S. The Morgan fingerprint density at radius 2 is 2.35 bits per heavy atom. The van der Waals surface area contributed by atoms with Crippen molar-refractivity contribution in [2.24, 2.45) is 0 Å². The van der Waals surface area contributed by atoms with Crippen LogP contribution in [-0.2, 0) is 4.74 Å². The van der Waals surface area contributed by atoms with Crippen molar-refractivity contribution in [2.45, 2.75) is 17.9 Å². The van der Waals surface area contributed by atoms with Gasteiger partial charge in [0.2, 0.25) is 0 Å². The molecule has 0 N–H and O–H groups in total. The number of hydrogen-bond donors (Lipinski definition) is 1. The minimum Gasteiger partial charge on any atom is -0.375 e. The molecule has 2 rings (SSSR count). The van der Waals surface area contributed by atoms with Gasteiger partial charge < -0.3 is 9.64 Å². The second kappa shape index (κ2) is 5.42. The predicted octanol–water partition coefficient (Wildman–Crippen LogP) is 2.60. The Morgan fingerprint density at radius 1 is 1.59 bits per heavy atom. The molecule has 1 saturated heterocycles. The lowest BCUT2D eigenvalue weighted by Gasteiger charge is -2.31. The monoisotopic (exact) mass is 315 g/mol. The highest BCUT2D eigenvalue weighted by molar-refractivity contribution is 9.10. The van der Waals surface area contributed by atoms with E-state index in [1.54, 1.807) is 6.07 Å². The third-order valence-electron chi connectivity index (χ3n) is 2.72. The first-order valence-electron chi connectivity index (χ1n) is 5.47. The SMILES string of the molecule is CC1CN(C(=O)c2ccc(Br)cc2S)CCO1. The van der Waals surface area contributed by atoms with Gasteiger partial charge in [-0.2, -0.15) is 0 Å². The predicted molar refractivity (Wildman–Crippen MR) is 72.7 cm³/mol. The van der Waals surface area contributed by atoms with Crippen molar-refractivity contribution in [1.82, 2.24) is 4.90 Å². The lowest BCUT2D eigenvalue weighted by molar-refractivity contribution is -0.0125. The van der Waals surface area contributed by atoms with Crippen LogP contribution in [0.5, 0.6) is 0 Å². The molecule has 0 aromatic heterocycles. The number of benzene rings is 1. The Labute approximate surface area is 115 Å². The first-order valence-corrected chi connectivity index (χ1v) is 6.71. The van der Waals surface area contributed by atoms with Crippen LogP contribution < -0.4 is 0 Å². The van der Waals surface area contributed by atoms with E-state index in [1.807, 2.05) is 24.0 Å². The summed E-state index contributed by atoms with van der Waals surface area (Å²) < 4.78 is 6.35. The van der Waals surface area contributed by atoms with Crippen LogP contribution >= 0.6 is 28.6 Å². The van der Waals surface area contributed by atoms with Crippen molar-refractivity contribution in [3.05, 3.63) is 28.2 Å². The van der Waals surface area contributed by atoms with E-state index in [1.165, 1.54) is 0 Å². The summed E-state index contributed by atoms with van der Waals surface area (Å²) >= 11 is 7.70. The van der Waals surface area contributed by atoms with Crippen LogP contribution in [0.1, 0.15) is 17.3 Å². The van der Waals surface area contributed by atoms with Gasteiger partial charge in [0.25, 0.3) is 5.91 Å². The minimum atomic E-state index is 0.0256. The Bertz CT molecular complexity index is 439. The second-order valence-electron chi connectivity index (χ2n) is 4.09. The summed E-state index contributed by atoms with van der Waals surface area (Å²) in [5.41, 5.74) is 0.644. The van der Waals surface area contributed by atoms with Crippen molar-refractivity contribution in [1.29, 1.82) is 0 Å². The van der Waals surface area contributed by atoms with E-state index in [2.05, 4.69) is 28.6 Å². The summed E-state index contributed by atoms with van der Waals surface area (Å²) in [4.78, 5) is 14.8. The van der Waals surface area contributed by atoms with Crippen molar-refractivity contribution in [3.8, 4) is 0 Å². The van der Waals surface area contributed by atoms with Crippen molar-refractivity contribution in [3.63, 3.8) is 0 Å². The van der Waals surface area contributed by atoms with Gasteiger partial charge in [-0.3, -0.25) is 4.79 Å². The highest BCUT2D eigenvalue weighted by atomic mass is 79.9. The molecule has 1 aliphatic rings. The standard InChI is InChI=1S/C12H14BrNO2S/c1-8-7-14(4-5-16-8)12(15)10-3-2-9(13)6-11(10)17/h2-3,6,8,17H,4-5,7H2,1H3. The lowest BCUT2D eigenvalue weighted by atomic mass is 10.1. The van der Waals surface area contributed by atoms with Gasteiger partial charge in [-0.25, -0.2) is 0 Å². The minimum absolute atomic E-state index is 0.0256. The fourth-order valence-corrected chi connectivity index (χ4v) is 2.71. The van der Waals surface area contributed by atoms with Crippen molar-refractivity contribution >= 4 is 34.5 Å². The summed E-state index contributed by atoms with van der Waals surface area (Å²) in [6, 6.07) is 5.49. The average Bonchev–Trinajstić information content (AvgIpc) is 2.28. The Hall–Kier alpha value is -0.520. The first-order chi connectivity index (χ1) is 8.08. The number of carbonyl (C=O) groups excluding carboxylic acids is 1. The number of hydrogen-bond acceptors (Lipinski definition) is 3. The third-order valence-corrected chi connectivity index (χ3v) is 3.58. The second-order valence-corrected chi connectivity index (χ2v) is 5.49. The fourth-order valence-electron chi connectivity index (χ4n) is 1.86. The number of halogens is 1. The molecule has 1 amide bonds. The maximum atomic E-state index is 12.3. The van der Waals surface area contributed by atoms with Gasteiger partial charge >= 0.3 is 0 Å². The van der Waals surface area contributed by atoms with Crippen LogP contribution in [0, 0.1) is 0 Å². The van der Waals surface area contributed by atoms with E-state index in [4.69, 9.17) is 4.74 Å². The third kappa shape index (κ3) is 3.03. The zero-order valence-corrected chi connectivity index (χ0v) is 12.0. The van der Waals surface area contributed by atoms with Crippen LogP contribution in [-0.4, -0.2) is 36.6 Å². The van der Waals surface area contributed by atoms with Crippen LogP contribution in [0.25, 0.3) is 0 Å². The van der Waals surface area contributed by atoms with E-state index < -0.39 is 0 Å². The van der Waals surface area contributed by atoms with Gasteiger partial charge in [0, 0.05) is 22.5 Å². The van der Waals surface area contributed by atoms with Gasteiger partial charge in [-0.05, 0) is 25.1 Å². The Kier molecular flexibility index (Phi) is 4.12. The highest BCUT2D eigenvalue weighted by Crippen LogP contribution is 2.22. The van der Waals surface area contributed by atoms with Crippen LogP contribution in [0.15, 0.2) is 27.6 Å². The van der Waals surface area contributed by atoms with E-state index >= 15 is 0 Å². The van der Waals surface area contributed by atoms with Gasteiger partial charge in [-0.15, -0.1) is 12.6 Å². The fraction of sp³-hybridized carbons (Fsp3) is 0.417. The molecule has 17 heavy (non-hydrogen) atoms. The summed E-state index contributed by atoms with van der Waals surface area (Å²) in [5, 5.41) is 0. The first kappa shape index (κ1) is 12.9. The molecular weight excluding hydrogens is 302 g/mol. The molecule has 0 radical (unpaired) electrons. The van der Waals surface area contributed by atoms with Gasteiger partial charge in [0.05, 0.1) is 18.3 Å². The molecule has 1 unspecified atom stereocenters. The van der Waals surface area contributed by atoms with Crippen LogP contribution in [0.3, 0.4) is 0 Å². The maximum absolute atomic E-state index is 12.3. The number of ether oxygens (including phenoxy) is 1. The molecule has 92 valence electrons. The summed E-state index contributed by atoms with van der Waals surface area (Å²) in [7, 11) is 0. The number of morpholine rings is 1. The molecule has 1 aromatic rings. The molecule has 1 aliphatic heterocycles. The van der Waals surface area contributed by atoms with Gasteiger partial charge in [-0.1, -0.05) is 15.9 Å². The molecule has 5 heteroatoms. The smallest absolute Gasteiger partial charge is 0.255 e. The molecule has 3 nitrogen and oxygen atoms in total. The number of amides is 1. The van der Waals surface area contributed by atoms with Crippen molar-refractivity contribution in [2.75, 3.05) is 19.7 Å². The molecule has 0 bridgehead atoms. The van der Waals surface area contributed by atoms with E-state index in [0.29, 0.717) is 30.2 Å². The molecule has 0 spiro atoms. The number of thiol groups is 1. The van der Waals surface area contributed by atoms with Crippen molar-refractivity contribution < 1.29 is 9.53 Å². The molecule has 1 atom stereocenters. The largest absolute Gasteiger partial charge is 0.375 e. The summed E-state index contributed by atoms with van der Waals surface area (Å²) in [6.07, 6.45) is 0.103. The molecule has 1 fully saturated rings. The zero-order valence-electron chi connectivity index (χ0n) is 9.52. The zero-order chi connectivity index (χ0) is 12.4. The van der Waals surface area contributed by atoms with Gasteiger partial charge in [0.1, 0.15) is 0 Å². The summed E-state index contributed by atoms with van der Waals surface area (Å²) in [5.74, 6) is 0.0256. The van der Waals surface area contributed by atoms with Gasteiger partial charge in [0.15, 0.2) is 0 Å². The number of rotatable bonds is 1. The van der Waals surface area contributed by atoms with E-state index in [-0.39, 0.29) is 12.0 Å². The number of nitrogens with zero attached hydrogens (tertiary/aromatic N) is 1. The number of carbonyl (C=O) groups is 1. The molecule has 0 aliphatic carbocycles. The quantitative estimate of drug-likeness (QED) is 0.807. The maximum Gasteiger partial charge on any atom is 0.255 e. The van der Waals surface area contributed by atoms with Crippen LogP contribution in [0.2, 0.25) is 0 Å². The molecule has 1 aromatic carbocycles. The normalized spacial score (nSPS) is 20.4. The van der Waals surface area contributed by atoms with Crippen LogP contribution in [0.4, 0.5) is 0 Å². The lowest BCUT2D eigenvalue weighted by Crippen LogP contribution is -2.44. The topological polar surface area (TPSA) is 29.5 Å². The average molecular weight is 316 g/mol. The summed E-state index contributed by atoms with van der Waals surface area (Å²) in [6.45, 7) is 3.86. The highest BCUT2D eigenvalue weighted by Gasteiger charge is 2.23. The molecule has 0 saturated carbocycles.